The van der Waals surface area contributed by atoms with Gasteiger partial charge in [0.1, 0.15) is 5.76 Å². The molecule has 22 heavy (non-hydrogen) atoms. The first-order valence-corrected chi connectivity index (χ1v) is 8.45. The fourth-order valence-electron chi connectivity index (χ4n) is 1.99. The van der Waals surface area contributed by atoms with E-state index in [4.69, 9.17) is 4.42 Å². The Kier molecular flexibility index (Phi) is 5.54. The van der Waals surface area contributed by atoms with Crippen LogP contribution < -0.4 is 4.72 Å². The number of likely N-dealkylation sites (N-methyl/N-ethyl adjacent to an activating group) is 1. The fraction of sp³-hybridized carbons (Fsp3) is 0.250. The molecule has 0 spiro atoms. The standard InChI is InChI=1S/C16H20N2O3S/c1-18(2)15(16-9-6-11-21-16)13-17-22(19,20)12-10-14-7-4-3-5-8-14/h3-12,15,17H,13H2,1-2H3/b12-10+. The molecule has 2 aromatic rings. The average molecular weight is 320 g/mol. The molecule has 1 aromatic heterocycles. The number of hydrogen-bond donors (Lipinski definition) is 1. The molecule has 0 aliphatic rings. The third-order valence-electron chi connectivity index (χ3n) is 3.21. The maximum Gasteiger partial charge on any atom is 0.233 e. The van der Waals surface area contributed by atoms with Crippen LogP contribution in [0, 0.1) is 0 Å². The van der Waals surface area contributed by atoms with E-state index in [-0.39, 0.29) is 12.6 Å². The molecule has 118 valence electrons. The normalized spacial score (nSPS) is 13.8. The van der Waals surface area contributed by atoms with E-state index in [0.717, 1.165) is 11.3 Å². The molecule has 1 aromatic carbocycles. The van der Waals surface area contributed by atoms with Gasteiger partial charge in [-0.3, -0.25) is 4.90 Å². The fourth-order valence-corrected chi connectivity index (χ4v) is 2.82. The molecule has 6 heteroatoms. The Balaban J connectivity index is 2.01. The summed E-state index contributed by atoms with van der Waals surface area (Å²) in [5.74, 6) is 0.722. The molecule has 0 saturated carbocycles. The lowest BCUT2D eigenvalue weighted by Crippen LogP contribution is -2.33. The minimum atomic E-state index is -3.50. The number of benzene rings is 1. The Morgan fingerprint density at radius 1 is 1.18 bits per heavy atom. The molecule has 0 aliphatic carbocycles. The first kappa shape index (κ1) is 16.5. The van der Waals surface area contributed by atoms with Crippen LogP contribution in [-0.2, 0) is 10.0 Å². The van der Waals surface area contributed by atoms with Crippen molar-refractivity contribution in [2.45, 2.75) is 6.04 Å². The highest BCUT2D eigenvalue weighted by Gasteiger charge is 2.19. The molecule has 5 nitrogen and oxygen atoms in total. The van der Waals surface area contributed by atoms with Gasteiger partial charge in [0, 0.05) is 12.0 Å². The molecular weight excluding hydrogens is 300 g/mol. The third kappa shape index (κ3) is 4.84. The van der Waals surface area contributed by atoms with Gasteiger partial charge in [-0.15, -0.1) is 0 Å². The van der Waals surface area contributed by atoms with E-state index >= 15 is 0 Å². The molecule has 0 amide bonds. The number of sulfonamides is 1. The molecular formula is C16H20N2O3S. The monoisotopic (exact) mass is 320 g/mol. The molecule has 1 heterocycles. The summed E-state index contributed by atoms with van der Waals surface area (Å²) in [7, 11) is 0.254. The molecule has 1 unspecified atom stereocenters. The summed E-state index contributed by atoms with van der Waals surface area (Å²) in [5, 5.41) is 1.18. The van der Waals surface area contributed by atoms with Gasteiger partial charge in [-0.1, -0.05) is 30.3 Å². The van der Waals surface area contributed by atoms with Crippen molar-refractivity contribution in [1.29, 1.82) is 0 Å². The van der Waals surface area contributed by atoms with Crippen LogP contribution >= 0.6 is 0 Å². The van der Waals surface area contributed by atoms with Crippen LogP contribution in [0.5, 0.6) is 0 Å². The quantitative estimate of drug-likeness (QED) is 0.851. The van der Waals surface area contributed by atoms with Crippen molar-refractivity contribution in [3.8, 4) is 0 Å². The van der Waals surface area contributed by atoms with Crippen LogP contribution in [0.4, 0.5) is 0 Å². The summed E-state index contributed by atoms with van der Waals surface area (Å²) in [6, 6.07) is 12.8. The maximum absolute atomic E-state index is 12.1. The van der Waals surface area contributed by atoms with Crippen LogP contribution in [0.3, 0.4) is 0 Å². The second kappa shape index (κ2) is 7.40. The van der Waals surface area contributed by atoms with Crippen molar-refractivity contribution >= 4 is 16.1 Å². The van der Waals surface area contributed by atoms with E-state index in [1.54, 1.807) is 18.4 Å². The minimum absolute atomic E-state index is 0.157. The van der Waals surface area contributed by atoms with Crippen molar-refractivity contribution in [2.75, 3.05) is 20.6 Å². The Labute approximate surface area is 131 Å². The highest BCUT2D eigenvalue weighted by molar-refractivity contribution is 7.92. The van der Waals surface area contributed by atoms with Crippen molar-refractivity contribution in [3.05, 3.63) is 65.5 Å². The second-order valence-corrected chi connectivity index (χ2v) is 6.75. The van der Waals surface area contributed by atoms with Crippen LogP contribution in [-0.4, -0.2) is 34.0 Å². The molecule has 1 N–H and O–H groups in total. The van der Waals surface area contributed by atoms with Crippen molar-refractivity contribution in [2.24, 2.45) is 0 Å². The van der Waals surface area contributed by atoms with Crippen LogP contribution in [0.1, 0.15) is 17.4 Å². The third-order valence-corrected chi connectivity index (χ3v) is 4.28. The largest absolute Gasteiger partial charge is 0.468 e. The predicted molar refractivity (Wildman–Crippen MR) is 87.5 cm³/mol. The van der Waals surface area contributed by atoms with E-state index < -0.39 is 10.0 Å². The Bertz CT molecular complexity index is 692. The average Bonchev–Trinajstić information content (AvgIpc) is 3.00. The lowest BCUT2D eigenvalue weighted by atomic mass is 10.2. The zero-order valence-electron chi connectivity index (χ0n) is 12.6. The molecule has 0 bridgehead atoms. The van der Waals surface area contributed by atoms with Gasteiger partial charge in [-0.05, 0) is 37.9 Å². The zero-order valence-corrected chi connectivity index (χ0v) is 13.5. The van der Waals surface area contributed by atoms with E-state index in [9.17, 15) is 8.42 Å². The molecule has 0 saturated heterocycles. The van der Waals surface area contributed by atoms with Gasteiger partial charge in [0.05, 0.1) is 12.3 Å². The number of nitrogens with zero attached hydrogens (tertiary/aromatic N) is 1. The summed E-state index contributed by atoms with van der Waals surface area (Å²) in [5.41, 5.74) is 0.836. The van der Waals surface area contributed by atoms with Crippen LogP contribution in [0.15, 0.2) is 58.6 Å². The molecule has 0 radical (unpaired) electrons. The van der Waals surface area contributed by atoms with Gasteiger partial charge in [-0.25, -0.2) is 13.1 Å². The maximum atomic E-state index is 12.1. The van der Waals surface area contributed by atoms with E-state index in [2.05, 4.69) is 4.72 Å². The summed E-state index contributed by atoms with van der Waals surface area (Å²) < 4.78 is 32.0. The Hall–Kier alpha value is -1.89. The van der Waals surface area contributed by atoms with E-state index in [1.807, 2.05) is 55.4 Å². The van der Waals surface area contributed by atoms with Crippen molar-refractivity contribution in [3.63, 3.8) is 0 Å². The number of furan rings is 1. The van der Waals surface area contributed by atoms with Gasteiger partial charge in [-0.2, -0.15) is 0 Å². The topological polar surface area (TPSA) is 62.6 Å². The van der Waals surface area contributed by atoms with Gasteiger partial charge >= 0.3 is 0 Å². The van der Waals surface area contributed by atoms with Crippen LogP contribution in [0.2, 0.25) is 0 Å². The van der Waals surface area contributed by atoms with E-state index in [1.165, 1.54) is 5.41 Å². The van der Waals surface area contributed by atoms with Crippen molar-refractivity contribution in [1.82, 2.24) is 9.62 Å². The summed E-state index contributed by atoms with van der Waals surface area (Å²) in [6.45, 7) is 0.238. The Morgan fingerprint density at radius 3 is 2.50 bits per heavy atom. The lowest BCUT2D eigenvalue weighted by Gasteiger charge is -2.22. The smallest absolute Gasteiger partial charge is 0.233 e. The van der Waals surface area contributed by atoms with Gasteiger partial charge in [0.25, 0.3) is 0 Å². The van der Waals surface area contributed by atoms with Crippen LogP contribution in [0.25, 0.3) is 6.08 Å². The summed E-state index contributed by atoms with van der Waals surface area (Å²) in [6.07, 6.45) is 3.15. The molecule has 0 aliphatic heterocycles. The zero-order chi connectivity index (χ0) is 16.0. The number of hydrogen-bond acceptors (Lipinski definition) is 4. The highest BCUT2D eigenvalue weighted by atomic mass is 32.2. The molecule has 2 rings (SSSR count). The number of nitrogens with one attached hydrogen (secondary N) is 1. The number of rotatable bonds is 7. The van der Waals surface area contributed by atoms with Crippen molar-refractivity contribution < 1.29 is 12.8 Å². The summed E-state index contributed by atoms with van der Waals surface area (Å²) >= 11 is 0. The highest BCUT2D eigenvalue weighted by Crippen LogP contribution is 2.18. The van der Waals surface area contributed by atoms with Gasteiger partial charge in [0.15, 0.2) is 0 Å². The van der Waals surface area contributed by atoms with Gasteiger partial charge in [0.2, 0.25) is 10.0 Å². The first-order valence-electron chi connectivity index (χ1n) is 6.90. The van der Waals surface area contributed by atoms with Gasteiger partial charge < -0.3 is 4.42 Å². The first-order chi connectivity index (χ1) is 10.5. The molecule has 1 atom stereocenters. The lowest BCUT2D eigenvalue weighted by molar-refractivity contribution is 0.259. The SMILES string of the molecule is CN(C)C(CNS(=O)(=O)/C=C/c1ccccc1)c1ccco1. The predicted octanol–water partition coefficient (Wildman–Crippen LogP) is 2.47. The molecule has 0 fully saturated rings. The summed E-state index contributed by atoms with van der Waals surface area (Å²) in [4.78, 5) is 1.91. The Morgan fingerprint density at radius 2 is 1.91 bits per heavy atom. The second-order valence-electron chi connectivity index (χ2n) is 5.10. The minimum Gasteiger partial charge on any atom is -0.468 e. The van der Waals surface area contributed by atoms with E-state index in [0.29, 0.717) is 0 Å².